The second kappa shape index (κ2) is 7.82. The van der Waals surface area contributed by atoms with Gasteiger partial charge in [-0.15, -0.1) is 0 Å². The maximum Gasteiger partial charge on any atom is 0.336 e. The highest BCUT2D eigenvalue weighted by molar-refractivity contribution is 5.95. The van der Waals surface area contributed by atoms with Gasteiger partial charge in [-0.05, 0) is 37.6 Å². The lowest BCUT2D eigenvalue weighted by molar-refractivity contribution is 0.0697. The molecule has 2 aromatic heterocycles. The minimum atomic E-state index is -0.963. The summed E-state index contributed by atoms with van der Waals surface area (Å²) < 4.78 is 6.01. The summed E-state index contributed by atoms with van der Waals surface area (Å²) in [5, 5.41) is 12.5. The van der Waals surface area contributed by atoms with Crippen molar-refractivity contribution in [1.29, 1.82) is 0 Å². The van der Waals surface area contributed by atoms with Crippen LogP contribution in [0.2, 0.25) is 0 Å². The van der Waals surface area contributed by atoms with E-state index in [9.17, 15) is 9.90 Å². The highest BCUT2D eigenvalue weighted by atomic mass is 16.4. The minimum Gasteiger partial charge on any atom is -0.478 e. The van der Waals surface area contributed by atoms with Crippen molar-refractivity contribution in [2.45, 2.75) is 25.4 Å². The van der Waals surface area contributed by atoms with Crippen LogP contribution in [0.5, 0.6) is 0 Å². The molecule has 1 atom stereocenters. The summed E-state index contributed by atoms with van der Waals surface area (Å²) >= 11 is 0. The highest BCUT2D eigenvalue weighted by Crippen LogP contribution is 2.35. The number of anilines is 1. The fraction of sp³-hybridized carbons (Fsp3) is 0.286. The van der Waals surface area contributed by atoms with Crippen LogP contribution >= 0.6 is 0 Å². The Balaban J connectivity index is 1.56. The molecule has 1 saturated heterocycles. The monoisotopic (exact) mass is 378 g/mol. The lowest BCUT2D eigenvalue weighted by atomic mass is 10.1. The van der Waals surface area contributed by atoms with Gasteiger partial charge >= 0.3 is 5.97 Å². The van der Waals surface area contributed by atoms with Gasteiger partial charge in [-0.25, -0.2) is 9.78 Å². The van der Waals surface area contributed by atoms with Gasteiger partial charge in [0.25, 0.3) is 0 Å². The van der Waals surface area contributed by atoms with Crippen LogP contribution < -0.4 is 5.32 Å². The normalized spacial score (nSPS) is 17.0. The van der Waals surface area contributed by atoms with Crippen molar-refractivity contribution in [2.75, 3.05) is 18.9 Å². The largest absolute Gasteiger partial charge is 0.478 e. The average Bonchev–Trinajstić information content (AvgIpc) is 3.38. The van der Waals surface area contributed by atoms with Crippen molar-refractivity contribution >= 4 is 11.8 Å². The van der Waals surface area contributed by atoms with E-state index in [1.165, 1.54) is 0 Å². The second-order valence-electron chi connectivity index (χ2n) is 6.79. The predicted molar refractivity (Wildman–Crippen MR) is 105 cm³/mol. The third kappa shape index (κ3) is 3.48. The van der Waals surface area contributed by atoms with E-state index in [1.54, 1.807) is 30.6 Å². The molecule has 7 heteroatoms. The molecule has 1 aliphatic heterocycles. The van der Waals surface area contributed by atoms with Crippen LogP contribution in [0.25, 0.3) is 11.3 Å². The molecule has 0 spiro atoms. The molecule has 1 fully saturated rings. The van der Waals surface area contributed by atoms with Gasteiger partial charge in [-0.1, -0.05) is 18.2 Å². The fourth-order valence-electron chi connectivity index (χ4n) is 3.80. The number of hydrogen-bond donors (Lipinski definition) is 2. The van der Waals surface area contributed by atoms with Crippen LogP contribution in [0.1, 0.15) is 40.7 Å². The summed E-state index contributed by atoms with van der Waals surface area (Å²) in [7, 11) is 1.85. The summed E-state index contributed by atoms with van der Waals surface area (Å²) in [4.78, 5) is 22.7. The summed E-state index contributed by atoms with van der Waals surface area (Å²) in [5.74, 6) is 1.21. The van der Waals surface area contributed by atoms with Crippen molar-refractivity contribution < 1.29 is 14.3 Å². The molecule has 3 heterocycles. The first-order valence-electron chi connectivity index (χ1n) is 9.31. The Morgan fingerprint density at radius 2 is 2.07 bits per heavy atom. The number of nitrogens with one attached hydrogen (secondary N) is 1. The lowest BCUT2D eigenvalue weighted by Crippen LogP contribution is -2.24. The zero-order valence-corrected chi connectivity index (χ0v) is 15.6. The first-order chi connectivity index (χ1) is 13.7. The maximum absolute atomic E-state index is 11.5. The Morgan fingerprint density at radius 3 is 2.89 bits per heavy atom. The molecule has 0 saturated carbocycles. The number of carbonyl (C=O) groups is 1. The summed E-state index contributed by atoms with van der Waals surface area (Å²) in [6.45, 7) is 1.59. The number of nitrogens with zero attached hydrogens (tertiary/aromatic N) is 3. The lowest BCUT2D eigenvalue weighted by Gasteiger charge is -2.24. The Kier molecular flexibility index (Phi) is 5.08. The van der Waals surface area contributed by atoms with Gasteiger partial charge < -0.3 is 14.8 Å². The number of rotatable bonds is 6. The van der Waals surface area contributed by atoms with E-state index in [0.29, 0.717) is 17.9 Å². The Labute approximate surface area is 163 Å². The fourth-order valence-corrected chi connectivity index (χ4v) is 3.80. The first-order valence-corrected chi connectivity index (χ1v) is 9.31. The molecule has 2 N–H and O–H groups in total. The zero-order valence-electron chi connectivity index (χ0n) is 15.6. The van der Waals surface area contributed by atoms with Crippen molar-refractivity contribution in [3.05, 3.63) is 65.8 Å². The van der Waals surface area contributed by atoms with E-state index in [1.807, 2.05) is 25.2 Å². The maximum atomic E-state index is 11.5. The number of carboxylic acids is 1. The molecular weight excluding hydrogens is 356 g/mol. The van der Waals surface area contributed by atoms with E-state index >= 15 is 0 Å². The molecular formula is C21H22N4O3. The molecule has 144 valence electrons. The van der Waals surface area contributed by atoms with Gasteiger partial charge in [0.1, 0.15) is 17.3 Å². The van der Waals surface area contributed by atoms with Gasteiger partial charge in [0.15, 0.2) is 0 Å². The highest BCUT2D eigenvalue weighted by Gasteiger charge is 2.30. The summed E-state index contributed by atoms with van der Waals surface area (Å²) in [6, 6.07) is 10.8. The number of benzene rings is 1. The van der Waals surface area contributed by atoms with Crippen LogP contribution in [0.15, 0.2) is 53.2 Å². The Bertz CT molecular complexity index is 985. The van der Waals surface area contributed by atoms with Gasteiger partial charge in [0, 0.05) is 25.0 Å². The molecule has 3 aromatic rings. The molecule has 0 aliphatic carbocycles. The van der Waals surface area contributed by atoms with Crippen LogP contribution in [0, 0.1) is 0 Å². The number of hydrogen-bond acceptors (Lipinski definition) is 6. The third-order valence-corrected chi connectivity index (χ3v) is 5.09. The second-order valence-corrected chi connectivity index (χ2v) is 6.79. The molecule has 0 bridgehead atoms. The van der Waals surface area contributed by atoms with Gasteiger partial charge in [-0.2, -0.15) is 0 Å². The van der Waals surface area contributed by atoms with Crippen molar-refractivity contribution in [1.82, 2.24) is 14.9 Å². The number of furan rings is 1. The van der Waals surface area contributed by atoms with Gasteiger partial charge in [-0.3, -0.25) is 9.88 Å². The van der Waals surface area contributed by atoms with Gasteiger partial charge in [0.2, 0.25) is 0 Å². The Hall–Kier alpha value is -3.19. The van der Waals surface area contributed by atoms with Gasteiger partial charge in [0.05, 0.1) is 23.8 Å². The summed E-state index contributed by atoms with van der Waals surface area (Å²) in [6.07, 6.45) is 5.51. The topological polar surface area (TPSA) is 91.5 Å². The third-order valence-electron chi connectivity index (χ3n) is 5.09. The molecule has 28 heavy (non-hydrogen) atoms. The SMILES string of the molecule is CNc1nccnc1[C@H]1CCCN1Cc1ccc(-c2ccccc2C(=O)O)o1. The van der Waals surface area contributed by atoms with E-state index < -0.39 is 5.97 Å². The molecule has 0 unspecified atom stereocenters. The predicted octanol–water partition coefficient (Wildman–Crippen LogP) is 3.81. The number of likely N-dealkylation sites (tertiary alicyclic amines) is 1. The molecule has 0 radical (unpaired) electrons. The molecule has 0 amide bonds. The first kappa shape index (κ1) is 18.2. The standard InChI is InChI=1S/C21H22N4O3/c1-22-20-19(23-10-11-24-20)17-7-4-12-25(17)13-14-8-9-18(28-14)15-5-2-3-6-16(15)21(26)27/h2-3,5-6,8-11,17H,4,7,12-13H2,1H3,(H,22,24)(H,26,27)/t17-/m1/s1. The number of carboxylic acid groups (broad SMARTS) is 1. The molecule has 1 aromatic carbocycles. The van der Waals surface area contributed by atoms with Crippen LogP contribution in [-0.4, -0.2) is 39.5 Å². The molecule has 7 nitrogen and oxygen atoms in total. The Morgan fingerprint density at radius 1 is 1.25 bits per heavy atom. The van der Waals surface area contributed by atoms with E-state index in [2.05, 4.69) is 20.2 Å². The number of aromatic carboxylic acids is 1. The van der Waals surface area contributed by atoms with E-state index in [0.717, 1.165) is 36.7 Å². The zero-order chi connectivity index (χ0) is 19.5. The quantitative estimate of drug-likeness (QED) is 0.674. The molecule has 4 rings (SSSR count). The van der Waals surface area contributed by atoms with Crippen molar-refractivity contribution in [2.24, 2.45) is 0 Å². The minimum absolute atomic E-state index is 0.177. The summed E-state index contributed by atoms with van der Waals surface area (Å²) in [5.41, 5.74) is 1.77. The van der Waals surface area contributed by atoms with E-state index in [4.69, 9.17) is 4.42 Å². The van der Waals surface area contributed by atoms with Crippen LogP contribution in [0.4, 0.5) is 5.82 Å². The van der Waals surface area contributed by atoms with Crippen molar-refractivity contribution in [3.8, 4) is 11.3 Å². The average molecular weight is 378 g/mol. The smallest absolute Gasteiger partial charge is 0.336 e. The number of aromatic nitrogens is 2. The van der Waals surface area contributed by atoms with Crippen molar-refractivity contribution in [3.63, 3.8) is 0 Å². The van der Waals surface area contributed by atoms with Crippen LogP contribution in [0.3, 0.4) is 0 Å². The molecule has 1 aliphatic rings. The van der Waals surface area contributed by atoms with Crippen LogP contribution in [-0.2, 0) is 6.54 Å². The van der Waals surface area contributed by atoms with E-state index in [-0.39, 0.29) is 11.6 Å².